The smallest absolute Gasteiger partial charge is 0.255 e. The fourth-order valence-corrected chi connectivity index (χ4v) is 4.09. The Kier molecular flexibility index (Phi) is 5.73. The van der Waals surface area contributed by atoms with Crippen molar-refractivity contribution in [2.24, 2.45) is 0 Å². The van der Waals surface area contributed by atoms with Gasteiger partial charge in [0.05, 0.1) is 24.5 Å². The summed E-state index contributed by atoms with van der Waals surface area (Å²) in [6.45, 7) is 10.6. The summed E-state index contributed by atoms with van der Waals surface area (Å²) >= 11 is 0. The molecule has 7 nitrogen and oxygen atoms in total. The van der Waals surface area contributed by atoms with Crippen molar-refractivity contribution in [1.82, 2.24) is 24.6 Å². The van der Waals surface area contributed by atoms with Crippen molar-refractivity contribution >= 4 is 5.91 Å². The van der Waals surface area contributed by atoms with Gasteiger partial charge in [0.2, 0.25) is 0 Å². The molecule has 0 unspecified atom stereocenters. The second-order valence-corrected chi connectivity index (χ2v) is 7.60. The SMILES string of the molecule is CCn1nc(CN2CCCN(C(=O)c3ccc(C)nc3)CC2)c2c1CCOC2. The van der Waals surface area contributed by atoms with Gasteiger partial charge in [0.25, 0.3) is 5.91 Å². The monoisotopic (exact) mass is 383 g/mol. The molecule has 2 aromatic rings. The van der Waals surface area contributed by atoms with Crippen molar-refractivity contribution in [1.29, 1.82) is 0 Å². The molecule has 7 heteroatoms. The van der Waals surface area contributed by atoms with E-state index >= 15 is 0 Å². The van der Waals surface area contributed by atoms with Crippen molar-refractivity contribution in [3.63, 3.8) is 0 Å². The molecule has 0 aromatic carbocycles. The Morgan fingerprint density at radius 2 is 2.11 bits per heavy atom. The van der Waals surface area contributed by atoms with E-state index in [2.05, 4.69) is 21.5 Å². The van der Waals surface area contributed by atoms with Crippen LogP contribution in [0.2, 0.25) is 0 Å². The number of rotatable bonds is 4. The second kappa shape index (κ2) is 8.41. The van der Waals surface area contributed by atoms with Gasteiger partial charge < -0.3 is 9.64 Å². The molecule has 4 rings (SSSR count). The van der Waals surface area contributed by atoms with E-state index in [0.29, 0.717) is 12.2 Å². The Morgan fingerprint density at radius 3 is 2.89 bits per heavy atom. The molecule has 2 aliphatic rings. The Bertz CT molecular complexity index is 830. The third-order valence-electron chi connectivity index (χ3n) is 5.69. The number of aromatic nitrogens is 3. The van der Waals surface area contributed by atoms with Crippen LogP contribution >= 0.6 is 0 Å². The number of ether oxygens (including phenoxy) is 1. The van der Waals surface area contributed by atoms with Crippen LogP contribution in [0.1, 0.15) is 46.3 Å². The molecule has 2 aromatic heterocycles. The highest BCUT2D eigenvalue weighted by molar-refractivity contribution is 5.93. The molecule has 0 saturated carbocycles. The maximum Gasteiger partial charge on any atom is 0.255 e. The van der Waals surface area contributed by atoms with E-state index in [1.54, 1.807) is 6.20 Å². The van der Waals surface area contributed by atoms with Crippen molar-refractivity contribution in [3.05, 3.63) is 46.5 Å². The summed E-state index contributed by atoms with van der Waals surface area (Å²) in [5, 5.41) is 4.85. The van der Waals surface area contributed by atoms with Crippen LogP contribution in [-0.4, -0.2) is 63.3 Å². The molecule has 0 N–H and O–H groups in total. The van der Waals surface area contributed by atoms with Crippen LogP contribution in [-0.2, 0) is 30.9 Å². The van der Waals surface area contributed by atoms with Gasteiger partial charge in [-0.15, -0.1) is 0 Å². The predicted octanol–water partition coefficient (Wildman–Crippen LogP) is 2.03. The third-order valence-corrected chi connectivity index (χ3v) is 5.69. The Balaban J connectivity index is 1.41. The average Bonchev–Trinajstić information content (AvgIpc) is 2.90. The molecule has 28 heavy (non-hydrogen) atoms. The lowest BCUT2D eigenvalue weighted by Gasteiger charge is -2.22. The number of carbonyl (C=O) groups is 1. The fraction of sp³-hybridized carbons (Fsp3) is 0.571. The van der Waals surface area contributed by atoms with E-state index in [9.17, 15) is 4.79 Å². The first-order valence-corrected chi connectivity index (χ1v) is 10.2. The fourth-order valence-electron chi connectivity index (χ4n) is 4.09. The minimum absolute atomic E-state index is 0.0791. The standard InChI is InChI=1S/C21H29N5O2/c1-3-26-20-7-12-28-15-18(20)19(23-26)14-24-8-4-9-25(11-10-24)21(27)17-6-5-16(2)22-13-17/h5-6,13H,3-4,7-12,14-15H2,1-2H3. The number of fused-ring (bicyclic) bond motifs is 1. The zero-order chi connectivity index (χ0) is 19.5. The van der Waals surface area contributed by atoms with Crippen LogP contribution in [0.25, 0.3) is 0 Å². The van der Waals surface area contributed by atoms with Crippen molar-refractivity contribution in [2.45, 2.75) is 46.4 Å². The van der Waals surface area contributed by atoms with Crippen LogP contribution in [0, 0.1) is 6.92 Å². The summed E-state index contributed by atoms with van der Waals surface area (Å²) < 4.78 is 7.81. The molecule has 4 heterocycles. The van der Waals surface area contributed by atoms with Crippen molar-refractivity contribution < 1.29 is 9.53 Å². The van der Waals surface area contributed by atoms with Gasteiger partial charge in [-0.3, -0.25) is 19.4 Å². The summed E-state index contributed by atoms with van der Waals surface area (Å²) in [6.07, 6.45) is 3.60. The minimum atomic E-state index is 0.0791. The Morgan fingerprint density at radius 1 is 1.21 bits per heavy atom. The Labute approximate surface area is 166 Å². The van der Waals surface area contributed by atoms with E-state index in [-0.39, 0.29) is 5.91 Å². The van der Waals surface area contributed by atoms with Gasteiger partial charge >= 0.3 is 0 Å². The van der Waals surface area contributed by atoms with Crippen molar-refractivity contribution in [3.8, 4) is 0 Å². The van der Waals surface area contributed by atoms with Gasteiger partial charge in [-0.25, -0.2) is 0 Å². The molecule has 1 fully saturated rings. The quantitative estimate of drug-likeness (QED) is 0.808. The van der Waals surface area contributed by atoms with E-state index in [1.807, 2.05) is 24.0 Å². The highest BCUT2D eigenvalue weighted by Crippen LogP contribution is 2.22. The second-order valence-electron chi connectivity index (χ2n) is 7.60. The lowest BCUT2D eigenvalue weighted by Crippen LogP contribution is -2.35. The molecule has 1 amide bonds. The summed E-state index contributed by atoms with van der Waals surface area (Å²) in [4.78, 5) is 21.4. The van der Waals surface area contributed by atoms with Gasteiger partial charge in [0.1, 0.15) is 0 Å². The van der Waals surface area contributed by atoms with E-state index in [1.165, 1.54) is 11.3 Å². The van der Waals surface area contributed by atoms with Crippen molar-refractivity contribution in [2.75, 3.05) is 32.8 Å². The molecule has 2 aliphatic heterocycles. The van der Waals surface area contributed by atoms with Crippen LogP contribution < -0.4 is 0 Å². The predicted molar refractivity (Wildman–Crippen MR) is 106 cm³/mol. The molecule has 0 spiro atoms. The summed E-state index contributed by atoms with van der Waals surface area (Å²) in [5.74, 6) is 0.0791. The number of hydrogen-bond donors (Lipinski definition) is 0. The number of pyridine rings is 1. The largest absolute Gasteiger partial charge is 0.376 e. The van der Waals surface area contributed by atoms with Gasteiger partial charge in [0.15, 0.2) is 0 Å². The highest BCUT2D eigenvalue weighted by Gasteiger charge is 2.24. The maximum absolute atomic E-state index is 12.8. The lowest BCUT2D eigenvalue weighted by atomic mass is 10.1. The third kappa shape index (κ3) is 3.95. The minimum Gasteiger partial charge on any atom is -0.376 e. The molecule has 0 atom stereocenters. The molecule has 1 saturated heterocycles. The van der Waals surface area contributed by atoms with Gasteiger partial charge in [0, 0.05) is 68.8 Å². The summed E-state index contributed by atoms with van der Waals surface area (Å²) in [5.41, 5.74) is 5.35. The van der Waals surface area contributed by atoms with Gasteiger partial charge in [-0.2, -0.15) is 5.10 Å². The lowest BCUT2D eigenvalue weighted by molar-refractivity contribution is 0.0760. The number of amides is 1. The first-order chi connectivity index (χ1) is 13.7. The average molecular weight is 383 g/mol. The topological polar surface area (TPSA) is 63.5 Å². The molecule has 0 aliphatic carbocycles. The number of nitrogens with zero attached hydrogens (tertiary/aromatic N) is 5. The maximum atomic E-state index is 12.8. The number of aryl methyl sites for hydroxylation is 2. The molecule has 0 radical (unpaired) electrons. The number of carbonyl (C=O) groups excluding carboxylic acids is 1. The molecular weight excluding hydrogens is 354 g/mol. The first kappa shape index (κ1) is 19.1. The van der Waals surface area contributed by atoms with E-state index < -0.39 is 0 Å². The highest BCUT2D eigenvalue weighted by atomic mass is 16.5. The first-order valence-electron chi connectivity index (χ1n) is 10.2. The summed E-state index contributed by atoms with van der Waals surface area (Å²) in [7, 11) is 0. The molecular formula is C21H29N5O2. The number of hydrogen-bond acceptors (Lipinski definition) is 5. The zero-order valence-corrected chi connectivity index (χ0v) is 16.9. The molecule has 0 bridgehead atoms. The van der Waals surface area contributed by atoms with E-state index in [4.69, 9.17) is 9.84 Å². The van der Waals surface area contributed by atoms with Gasteiger partial charge in [-0.1, -0.05) is 0 Å². The summed E-state index contributed by atoms with van der Waals surface area (Å²) in [6, 6.07) is 3.77. The van der Waals surface area contributed by atoms with Gasteiger partial charge in [-0.05, 0) is 32.4 Å². The van der Waals surface area contributed by atoms with Crippen LogP contribution in [0.15, 0.2) is 18.3 Å². The Hall–Kier alpha value is -2.25. The zero-order valence-electron chi connectivity index (χ0n) is 16.9. The van der Waals surface area contributed by atoms with Crippen LogP contribution in [0.3, 0.4) is 0 Å². The van der Waals surface area contributed by atoms with Crippen LogP contribution in [0.4, 0.5) is 0 Å². The molecule has 150 valence electrons. The van der Waals surface area contributed by atoms with E-state index in [0.717, 1.165) is 70.1 Å². The van der Waals surface area contributed by atoms with Crippen LogP contribution in [0.5, 0.6) is 0 Å². The normalized spacial score (nSPS) is 18.0.